The summed E-state index contributed by atoms with van der Waals surface area (Å²) in [5.74, 6) is -2.34. The van der Waals surface area contributed by atoms with Crippen molar-refractivity contribution >= 4 is 11.9 Å². The molecule has 1 rings (SSSR count). The minimum atomic E-state index is -1.49. The van der Waals surface area contributed by atoms with E-state index < -0.39 is 30.5 Å². The van der Waals surface area contributed by atoms with Crippen molar-refractivity contribution in [1.29, 1.82) is 0 Å². The zero-order valence-corrected chi connectivity index (χ0v) is 11.0. The maximum absolute atomic E-state index is 12.5. The van der Waals surface area contributed by atoms with Crippen molar-refractivity contribution < 1.29 is 19.1 Å². The minimum absolute atomic E-state index is 0.0172. The lowest BCUT2D eigenvalue weighted by atomic mass is 9.87. The molecule has 0 aliphatic carbocycles. The lowest BCUT2D eigenvalue weighted by Gasteiger charge is -2.22. The van der Waals surface area contributed by atoms with Crippen LogP contribution in [0.25, 0.3) is 0 Å². The molecule has 1 aromatic rings. The predicted molar refractivity (Wildman–Crippen MR) is 69.6 cm³/mol. The van der Waals surface area contributed by atoms with Gasteiger partial charge in [0.25, 0.3) is 0 Å². The average Bonchev–Trinajstić information content (AvgIpc) is 2.36. The molecule has 0 heterocycles. The van der Waals surface area contributed by atoms with Crippen LogP contribution in [0.3, 0.4) is 0 Å². The molecule has 104 valence electrons. The lowest BCUT2D eigenvalue weighted by Crippen LogP contribution is -2.45. The van der Waals surface area contributed by atoms with Crippen LogP contribution in [0.1, 0.15) is 25.3 Å². The maximum atomic E-state index is 12.5. The van der Waals surface area contributed by atoms with Gasteiger partial charge < -0.3 is 10.4 Å². The zero-order chi connectivity index (χ0) is 14.4. The summed E-state index contributed by atoms with van der Waals surface area (Å²) >= 11 is 0. The van der Waals surface area contributed by atoms with Crippen molar-refractivity contribution in [1.82, 2.24) is 5.32 Å². The van der Waals surface area contributed by atoms with Gasteiger partial charge >= 0.3 is 5.97 Å². The first-order valence-electron chi connectivity index (χ1n) is 6.11. The van der Waals surface area contributed by atoms with Crippen molar-refractivity contribution in [3.05, 3.63) is 35.9 Å². The first-order valence-corrected chi connectivity index (χ1v) is 6.11. The number of hydrogen-bond donors (Lipinski definition) is 2. The fraction of sp³-hybridized carbons (Fsp3) is 0.429. The Morgan fingerprint density at radius 1 is 1.26 bits per heavy atom. The second-order valence-corrected chi connectivity index (χ2v) is 4.69. The number of carboxylic acids is 1. The number of carbonyl (C=O) groups is 2. The Bertz CT molecular complexity index is 434. The lowest BCUT2D eigenvalue weighted by molar-refractivity contribution is -0.142. The molecular weight excluding hydrogens is 249 g/mol. The molecule has 0 aromatic heterocycles. The Morgan fingerprint density at radius 2 is 1.84 bits per heavy atom. The predicted octanol–water partition coefficient (Wildman–Crippen LogP) is 1.97. The van der Waals surface area contributed by atoms with Gasteiger partial charge in [-0.05, 0) is 11.5 Å². The van der Waals surface area contributed by atoms with Crippen LogP contribution in [0, 0.1) is 5.92 Å². The summed E-state index contributed by atoms with van der Waals surface area (Å²) < 4.78 is 12.5. The number of hydrogen-bond acceptors (Lipinski definition) is 2. The normalized spacial score (nSPS) is 13.9. The third-order valence-corrected chi connectivity index (χ3v) is 2.88. The molecule has 0 saturated carbocycles. The topological polar surface area (TPSA) is 66.4 Å². The number of nitrogens with one attached hydrogen (secondary N) is 1. The molecule has 19 heavy (non-hydrogen) atoms. The Kier molecular flexibility index (Phi) is 5.48. The van der Waals surface area contributed by atoms with Gasteiger partial charge in [-0.3, -0.25) is 4.79 Å². The summed E-state index contributed by atoms with van der Waals surface area (Å²) in [5.41, 5.74) is 0.790. The molecule has 0 bridgehead atoms. The number of rotatable bonds is 6. The number of halogens is 1. The molecule has 1 amide bonds. The third kappa shape index (κ3) is 4.05. The highest BCUT2D eigenvalue weighted by molar-refractivity contribution is 5.88. The molecule has 4 nitrogen and oxygen atoms in total. The molecule has 5 heteroatoms. The standard InChI is InChI=1S/C14H18FNO3/c1-9(2)12(10-6-4-3-5-7-10)13(17)16-11(8-15)14(18)19/h3-7,9,11-12H,8H2,1-2H3,(H,16,17)(H,18,19). The van der Waals surface area contributed by atoms with Crippen molar-refractivity contribution in [2.24, 2.45) is 5.92 Å². The SMILES string of the molecule is CC(C)C(C(=O)NC(CF)C(=O)O)c1ccccc1. The number of benzene rings is 1. The van der Waals surface area contributed by atoms with Gasteiger partial charge in [-0.2, -0.15) is 0 Å². The molecule has 2 unspecified atom stereocenters. The number of alkyl halides is 1. The number of amides is 1. The molecule has 2 N–H and O–H groups in total. The summed E-state index contributed by atoms with van der Waals surface area (Å²) in [6.45, 7) is 2.60. The molecule has 0 aliphatic rings. The van der Waals surface area contributed by atoms with Crippen molar-refractivity contribution in [2.45, 2.75) is 25.8 Å². The molecule has 0 aliphatic heterocycles. The molecule has 0 saturated heterocycles. The zero-order valence-electron chi connectivity index (χ0n) is 11.0. The number of carbonyl (C=O) groups excluding carboxylic acids is 1. The first kappa shape index (κ1) is 15.1. The summed E-state index contributed by atoms with van der Waals surface area (Å²) in [6.07, 6.45) is 0. The van der Waals surface area contributed by atoms with E-state index in [1.54, 1.807) is 12.1 Å². The van der Waals surface area contributed by atoms with E-state index >= 15 is 0 Å². The summed E-state index contributed by atoms with van der Waals surface area (Å²) in [7, 11) is 0. The number of carboxylic acid groups (broad SMARTS) is 1. The fourth-order valence-electron chi connectivity index (χ4n) is 1.93. The summed E-state index contributed by atoms with van der Waals surface area (Å²) in [4.78, 5) is 22.9. The van der Waals surface area contributed by atoms with E-state index in [4.69, 9.17) is 5.11 Å². The highest BCUT2D eigenvalue weighted by Gasteiger charge is 2.28. The van der Waals surface area contributed by atoms with Crippen LogP contribution in [0.15, 0.2) is 30.3 Å². The summed E-state index contributed by atoms with van der Waals surface area (Å²) in [5, 5.41) is 11.0. The van der Waals surface area contributed by atoms with Crippen LogP contribution in [0.5, 0.6) is 0 Å². The van der Waals surface area contributed by atoms with Crippen LogP contribution < -0.4 is 5.32 Å². The fourth-order valence-corrected chi connectivity index (χ4v) is 1.93. The average molecular weight is 267 g/mol. The molecule has 1 aromatic carbocycles. The maximum Gasteiger partial charge on any atom is 0.328 e. The Hall–Kier alpha value is -1.91. The van der Waals surface area contributed by atoms with E-state index in [-0.39, 0.29) is 5.92 Å². The Morgan fingerprint density at radius 3 is 2.26 bits per heavy atom. The van der Waals surface area contributed by atoms with Crippen LogP contribution in [-0.4, -0.2) is 29.7 Å². The van der Waals surface area contributed by atoms with E-state index in [1.165, 1.54) is 0 Å². The van der Waals surface area contributed by atoms with E-state index in [0.717, 1.165) is 5.56 Å². The van der Waals surface area contributed by atoms with E-state index in [2.05, 4.69) is 5.32 Å². The molecular formula is C14H18FNO3. The van der Waals surface area contributed by atoms with E-state index in [1.807, 2.05) is 32.0 Å². The van der Waals surface area contributed by atoms with Crippen LogP contribution in [0.2, 0.25) is 0 Å². The molecule has 0 fully saturated rings. The van der Waals surface area contributed by atoms with Crippen molar-refractivity contribution in [3.8, 4) is 0 Å². The Balaban J connectivity index is 2.89. The van der Waals surface area contributed by atoms with Gasteiger partial charge in [-0.15, -0.1) is 0 Å². The quantitative estimate of drug-likeness (QED) is 0.828. The monoisotopic (exact) mass is 267 g/mol. The number of aliphatic carboxylic acids is 1. The van der Waals surface area contributed by atoms with Crippen LogP contribution in [0.4, 0.5) is 4.39 Å². The molecule has 0 radical (unpaired) electrons. The Labute approximate surface area is 111 Å². The van der Waals surface area contributed by atoms with Gasteiger partial charge in [0.1, 0.15) is 6.67 Å². The van der Waals surface area contributed by atoms with Crippen molar-refractivity contribution in [3.63, 3.8) is 0 Å². The largest absolute Gasteiger partial charge is 0.480 e. The second kappa shape index (κ2) is 6.87. The van der Waals surface area contributed by atoms with E-state index in [0.29, 0.717) is 0 Å². The minimum Gasteiger partial charge on any atom is -0.480 e. The third-order valence-electron chi connectivity index (χ3n) is 2.88. The van der Waals surface area contributed by atoms with E-state index in [9.17, 15) is 14.0 Å². The molecule has 2 atom stereocenters. The van der Waals surface area contributed by atoms with Gasteiger partial charge in [-0.1, -0.05) is 44.2 Å². The highest BCUT2D eigenvalue weighted by atomic mass is 19.1. The molecule has 0 spiro atoms. The smallest absolute Gasteiger partial charge is 0.328 e. The highest BCUT2D eigenvalue weighted by Crippen LogP contribution is 2.24. The second-order valence-electron chi connectivity index (χ2n) is 4.69. The van der Waals surface area contributed by atoms with Gasteiger partial charge in [0.05, 0.1) is 5.92 Å². The van der Waals surface area contributed by atoms with Gasteiger partial charge in [0.15, 0.2) is 6.04 Å². The summed E-state index contributed by atoms with van der Waals surface area (Å²) in [6, 6.07) is 7.56. The van der Waals surface area contributed by atoms with Gasteiger partial charge in [-0.25, -0.2) is 9.18 Å². The van der Waals surface area contributed by atoms with Gasteiger partial charge in [0.2, 0.25) is 5.91 Å². The van der Waals surface area contributed by atoms with Crippen molar-refractivity contribution in [2.75, 3.05) is 6.67 Å². The van der Waals surface area contributed by atoms with Crippen LogP contribution in [-0.2, 0) is 9.59 Å². The first-order chi connectivity index (χ1) is 8.97. The van der Waals surface area contributed by atoms with Crippen LogP contribution >= 0.6 is 0 Å². The van der Waals surface area contributed by atoms with Gasteiger partial charge in [0, 0.05) is 0 Å².